The average Bonchev–Trinajstić information content (AvgIpc) is 3.23. The summed E-state index contributed by atoms with van der Waals surface area (Å²) in [5.74, 6) is 0.401. The molecule has 2 N–H and O–H groups in total. The summed E-state index contributed by atoms with van der Waals surface area (Å²) in [6.07, 6.45) is 2.68. The molecule has 0 saturated heterocycles. The molecule has 0 radical (unpaired) electrons. The molecule has 25 heavy (non-hydrogen) atoms. The lowest BCUT2D eigenvalue weighted by Crippen LogP contribution is -1.97. The third-order valence-corrected chi connectivity index (χ3v) is 3.49. The van der Waals surface area contributed by atoms with E-state index in [-0.39, 0.29) is 27.5 Å². The van der Waals surface area contributed by atoms with Gasteiger partial charge in [-0.15, -0.1) is 5.10 Å². The molecule has 1 aromatic carbocycles. The summed E-state index contributed by atoms with van der Waals surface area (Å²) in [7, 11) is 1.29. The first-order chi connectivity index (χ1) is 12.0. The second-order valence-corrected chi connectivity index (χ2v) is 5.12. The minimum absolute atomic E-state index is 0.0438. The van der Waals surface area contributed by atoms with Crippen LogP contribution in [-0.4, -0.2) is 38.2 Å². The van der Waals surface area contributed by atoms with Crippen molar-refractivity contribution in [3.05, 3.63) is 51.0 Å². The van der Waals surface area contributed by atoms with Crippen molar-refractivity contribution in [3.8, 4) is 23.1 Å². The van der Waals surface area contributed by atoms with E-state index in [2.05, 4.69) is 15.3 Å². The Morgan fingerprint density at radius 2 is 2.36 bits per heavy atom. The normalized spacial score (nSPS) is 11.1. The molecule has 0 spiro atoms. The van der Waals surface area contributed by atoms with Gasteiger partial charge in [0.15, 0.2) is 17.3 Å². The van der Waals surface area contributed by atoms with E-state index < -0.39 is 4.92 Å². The summed E-state index contributed by atoms with van der Waals surface area (Å²) >= 11 is 5.11. The number of hydrogen-bond donors (Lipinski definition) is 2. The Hall–Kier alpha value is -3.47. The quantitative estimate of drug-likeness (QED) is 0.309. The van der Waals surface area contributed by atoms with Crippen LogP contribution in [0.3, 0.4) is 0 Å². The van der Waals surface area contributed by atoms with Crippen LogP contribution >= 0.6 is 12.2 Å². The van der Waals surface area contributed by atoms with Crippen LogP contribution in [0.5, 0.6) is 11.5 Å². The van der Waals surface area contributed by atoms with E-state index in [4.69, 9.17) is 21.4 Å². The summed E-state index contributed by atoms with van der Waals surface area (Å²) < 4.78 is 11.6. The van der Waals surface area contributed by atoms with Gasteiger partial charge in [-0.2, -0.15) is 9.78 Å². The predicted molar refractivity (Wildman–Crippen MR) is 89.4 cm³/mol. The smallest absolute Gasteiger partial charge is 0.274 e. The number of nitrogens with one attached hydrogen (secondary N) is 1. The molecule has 0 aliphatic carbocycles. The van der Waals surface area contributed by atoms with Gasteiger partial charge in [-0.25, -0.2) is 5.10 Å². The Kier molecular flexibility index (Phi) is 4.31. The molecular formula is C14H11N5O5S. The fraction of sp³-hybridized carbons (Fsp3) is 0.0714. The standard InChI is InChI=1S/C14H11N5O5S/c1-23-11-6-9(19(21)22)5-8(12(11)20)7-15-18-13(16-17-14(18)25)10-3-2-4-24-10/h2-7,20H,1H3,(H,17,25)/b15-7-. The van der Waals surface area contributed by atoms with Crippen molar-refractivity contribution < 1.29 is 19.2 Å². The highest BCUT2D eigenvalue weighted by molar-refractivity contribution is 7.71. The maximum absolute atomic E-state index is 11.0. The lowest BCUT2D eigenvalue weighted by atomic mass is 10.2. The van der Waals surface area contributed by atoms with Gasteiger partial charge < -0.3 is 14.3 Å². The number of benzene rings is 1. The highest BCUT2D eigenvalue weighted by Gasteiger charge is 2.16. The van der Waals surface area contributed by atoms with E-state index in [9.17, 15) is 15.2 Å². The van der Waals surface area contributed by atoms with Gasteiger partial charge in [-0.3, -0.25) is 10.1 Å². The van der Waals surface area contributed by atoms with Crippen molar-refractivity contribution in [2.75, 3.05) is 7.11 Å². The van der Waals surface area contributed by atoms with Crippen molar-refractivity contribution in [3.63, 3.8) is 0 Å². The van der Waals surface area contributed by atoms with Crippen LogP contribution in [0.4, 0.5) is 5.69 Å². The molecule has 128 valence electrons. The summed E-state index contributed by atoms with van der Waals surface area (Å²) in [5, 5.41) is 31.8. The number of ether oxygens (including phenoxy) is 1. The molecule has 0 aliphatic heterocycles. The number of nitro benzene ring substituents is 1. The number of aromatic amines is 1. The topological polar surface area (TPSA) is 132 Å². The molecule has 0 amide bonds. The third kappa shape index (κ3) is 3.12. The third-order valence-electron chi connectivity index (χ3n) is 3.22. The maximum Gasteiger partial charge on any atom is 0.274 e. The van der Waals surface area contributed by atoms with Crippen LogP contribution in [0.25, 0.3) is 11.6 Å². The van der Waals surface area contributed by atoms with E-state index in [0.29, 0.717) is 11.6 Å². The highest BCUT2D eigenvalue weighted by Crippen LogP contribution is 2.33. The van der Waals surface area contributed by atoms with Gasteiger partial charge in [0.25, 0.3) is 5.69 Å². The molecule has 0 aliphatic rings. The number of nitrogens with zero attached hydrogens (tertiary/aromatic N) is 4. The van der Waals surface area contributed by atoms with Crippen LogP contribution < -0.4 is 4.74 Å². The first-order valence-electron chi connectivity index (χ1n) is 6.82. The van der Waals surface area contributed by atoms with Crippen molar-refractivity contribution >= 4 is 24.1 Å². The van der Waals surface area contributed by atoms with Crippen LogP contribution in [0.15, 0.2) is 40.0 Å². The van der Waals surface area contributed by atoms with E-state index in [1.54, 1.807) is 12.1 Å². The lowest BCUT2D eigenvalue weighted by Gasteiger charge is -2.06. The van der Waals surface area contributed by atoms with Crippen molar-refractivity contribution in [1.82, 2.24) is 14.9 Å². The SMILES string of the molecule is COc1cc([N+](=O)[O-])cc(/C=N\n2c(-c3ccco3)n[nH]c2=S)c1O. The van der Waals surface area contributed by atoms with Gasteiger partial charge in [-0.05, 0) is 24.4 Å². The molecule has 0 unspecified atom stereocenters. The fourth-order valence-electron chi connectivity index (χ4n) is 2.06. The summed E-state index contributed by atoms with van der Waals surface area (Å²) in [6.45, 7) is 0. The monoisotopic (exact) mass is 361 g/mol. The molecule has 3 rings (SSSR count). The summed E-state index contributed by atoms with van der Waals surface area (Å²) in [6, 6.07) is 5.63. The Morgan fingerprint density at radius 1 is 1.56 bits per heavy atom. The molecule has 0 bridgehead atoms. The Morgan fingerprint density at radius 3 is 3.00 bits per heavy atom. The van der Waals surface area contributed by atoms with E-state index in [1.807, 2.05) is 0 Å². The predicted octanol–water partition coefficient (Wildman–Crippen LogP) is 2.71. The highest BCUT2D eigenvalue weighted by atomic mass is 32.1. The molecular weight excluding hydrogens is 350 g/mol. The summed E-state index contributed by atoms with van der Waals surface area (Å²) in [4.78, 5) is 10.4. The zero-order valence-corrected chi connectivity index (χ0v) is 13.6. The molecule has 3 aromatic rings. The second kappa shape index (κ2) is 6.57. The second-order valence-electron chi connectivity index (χ2n) is 4.73. The van der Waals surface area contributed by atoms with Gasteiger partial charge in [0, 0.05) is 11.6 Å². The molecule has 11 heteroatoms. The number of rotatable bonds is 5. The van der Waals surface area contributed by atoms with Crippen molar-refractivity contribution in [2.24, 2.45) is 5.10 Å². The van der Waals surface area contributed by atoms with Gasteiger partial charge >= 0.3 is 0 Å². The maximum atomic E-state index is 11.0. The van der Waals surface area contributed by atoms with Gasteiger partial charge in [0.05, 0.1) is 30.6 Å². The number of furan rings is 1. The van der Waals surface area contributed by atoms with Crippen LogP contribution in [0, 0.1) is 14.9 Å². The van der Waals surface area contributed by atoms with Gasteiger partial charge in [-0.1, -0.05) is 0 Å². The largest absolute Gasteiger partial charge is 0.504 e. The Bertz CT molecular complexity index is 1010. The number of hydrogen-bond acceptors (Lipinski definition) is 8. The molecule has 0 fully saturated rings. The number of aromatic nitrogens is 3. The van der Waals surface area contributed by atoms with Gasteiger partial charge in [0.2, 0.25) is 10.6 Å². The number of nitro groups is 1. The average molecular weight is 361 g/mol. The van der Waals surface area contributed by atoms with Crippen LogP contribution in [-0.2, 0) is 0 Å². The number of phenolic OH excluding ortho intramolecular Hbond substituents is 1. The van der Waals surface area contributed by atoms with Crippen LogP contribution in [0.1, 0.15) is 5.56 Å². The minimum Gasteiger partial charge on any atom is -0.504 e. The molecule has 0 atom stereocenters. The fourth-order valence-corrected chi connectivity index (χ4v) is 2.24. The van der Waals surface area contributed by atoms with E-state index >= 15 is 0 Å². The van der Waals surface area contributed by atoms with Crippen molar-refractivity contribution in [2.45, 2.75) is 0 Å². The first kappa shape index (κ1) is 16.4. The lowest BCUT2D eigenvalue weighted by molar-refractivity contribution is -0.385. The van der Waals surface area contributed by atoms with Crippen molar-refractivity contribution in [1.29, 1.82) is 0 Å². The zero-order chi connectivity index (χ0) is 18.0. The van der Waals surface area contributed by atoms with E-state index in [1.165, 1.54) is 24.3 Å². The molecule has 2 aromatic heterocycles. The number of aromatic hydroxyl groups is 1. The summed E-state index contributed by atoms with van der Waals surface area (Å²) in [5.41, 5.74) is -0.169. The molecule has 2 heterocycles. The molecule has 10 nitrogen and oxygen atoms in total. The number of non-ortho nitro benzene ring substituents is 1. The zero-order valence-electron chi connectivity index (χ0n) is 12.7. The number of phenols is 1. The first-order valence-corrected chi connectivity index (χ1v) is 7.23. The Labute approximate surface area is 145 Å². The number of H-pyrrole nitrogens is 1. The van der Waals surface area contributed by atoms with E-state index in [0.717, 1.165) is 12.1 Å². The van der Waals surface area contributed by atoms with Gasteiger partial charge in [0.1, 0.15) is 0 Å². The molecule has 0 saturated carbocycles. The Balaban J connectivity index is 2.07. The number of methoxy groups -OCH3 is 1. The minimum atomic E-state index is -0.600. The van der Waals surface area contributed by atoms with Crippen LogP contribution in [0.2, 0.25) is 0 Å².